The molecule has 3 N–H and O–H groups in total. The summed E-state index contributed by atoms with van der Waals surface area (Å²) in [7, 11) is 0. The Morgan fingerprint density at radius 2 is 1.96 bits per heavy atom. The lowest BCUT2D eigenvalue weighted by molar-refractivity contribution is -0.137. The molecule has 6 nitrogen and oxygen atoms in total. The van der Waals surface area contributed by atoms with Crippen molar-refractivity contribution in [2.75, 3.05) is 11.1 Å². The molecule has 0 aliphatic rings. The van der Waals surface area contributed by atoms with Crippen molar-refractivity contribution < 1.29 is 17.6 Å². The zero-order chi connectivity index (χ0) is 16.6. The van der Waals surface area contributed by atoms with E-state index in [4.69, 9.17) is 5.73 Å². The predicted octanol–water partition coefficient (Wildman–Crippen LogP) is 2.48. The molecule has 3 aromatic rings. The van der Waals surface area contributed by atoms with Crippen LogP contribution in [0.25, 0.3) is 5.65 Å². The number of halogens is 4. The molecule has 0 amide bonds. The van der Waals surface area contributed by atoms with Gasteiger partial charge in [-0.15, -0.1) is 10.2 Å². The first-order chi connectivity index (χ1) is 10.8. The number of hydrogen-bond acceptors (Lipinski definition) is 5. The SMILES string of the molecule is Nc1nnc2c(NCc3cc(F)cc(C(F)(F)F)c3)nccn12. The van der Waals surface area contributed by atoms with Crippen LogP contribution in [-0.2, 0) is 12.7 Å². The van der Waals surface area contributed by atoms with Crippen molar-refractivity contribution in [3.8, 4) is 0 Å². The molecule has 2 heterocycles. The number of nitrogens with two attached hydrogens (primary N) is 1. The van der Waals surface area contributed by atoms with Gasteiger partial charge in [0.1, 0.15) is 5.82 Å². The van der Waals surface area contributed by atoms with E-state index in [9.17, 15) is 17.6 Å². The molecule has 0 spiro atoms. The van der Waals surface area contributed by atoms with E-state index in [1.54, 1.807) is 6.20 Å². The fraction of sp³-hybridized carbons (Fsp3) is 0.154. The zero-order valence-electron chi connectivity index (χ0n) is 11.5. The minimum absolute atomic E-state index is 0.0692. The highest BCUT2D eigenvalue weighted by molar-refractivity contribution is 5.63. The van der Waals surface area contributed by atoms with Crippen LogP contribution >= 0.6 is 0 Å². The van der Waals surface area contributed by atoms with Crippen LogP contribution in [0.2, 0.25) is 0 Å². The highest BCUT2D eigenvalue weighted by atomic mass is 19.4. The van der Waals surface area contributed by atoms with Crippen LogP contribution in [0.4, 0.5) is 29.3 Å². The summed E-state index contributed by atoms with van der Waals surface area (Å²) in [5, 5.41) is 10.3. The van der Waals surface area contributed by atoms with Gasteiger partial charge in [-0.3, -0.25) is 4.40 Å². The van der Waals surface area contributed by atoms with E-state index in [1.165, 1.54) is 10.6 Å². The molecule has 120 valence electrons. The van der Waals surface area contributed by atoms with Crippen molar-refractivity contribution in [3.63, 3.8) is 0 Å². The normalized spacial score (nSPS) is 11.8. The number of fused-ring (bicyclic) bond motifs is 1. The lowest BCUT2D eigenvalue weighted by Crippen LogP contribution is -2.09. The predicted molar refractivity (Wildman–Crippen MR) is 73.9 cm³/mol. The molecule has 23 heavy (non-hydrogen) atoms. The Morgan fingerprint density at radius 1 is 1.17 bits per heavy atom. The lowest BCUT2D eigenvalue weighted by atomic mass is 10.1. The fourth-order valence-corrected chi connectivity index (χ4v) is 2.07. The van der Waals surface area contributed by atoms with Gasteiger partial charge in [-0.1, -0.05) is 0 Å². The third kappa shape index (κ3) is 3.00. The number of anilines is 2. The van der Waals surface area contributed by atoms with Crippen molar-refractivity contribution in [1.29, 1.82) is 0 Å². The first-order valence-electron chi connectivity index (χ1n) is 6.40. The minimum Gasteiger partial charge on any atom is -0.368 e. The van der Waals surface area contributed by atoms with Gasteiger partial charge in [0.05, 0.1) is 5.56 Å². The first-order valence-corrected chi connectivity index (χ1v) is 6.40. The second-order valence-corrected chi connectivity index (χ2v) is 4.73. The third-order valence-electron chi connectivity index (χ3n) is 3.10. The third-order valence-corrected chi connectivity index (χ3v) is 3.10. The monoisotopic (exact) mass is 326 g/mol. The van der Waals surface area contributed by atoms with Crippen molar-refractivity contribution in [1.82, 2.24) is 19.6 Å². The standard InChI is InChI=1S/C13H10F4N6/c14-9-4-7(3-8(5-9)13(15,16)17)6-20-10-11-21-22-12(18)23(11)2-1-19-10/h1-5H,6H2,(H2,18,22)(H,19,20). The van der Waals surface area contributed by atoms with Crippen molar-refractivity contribution in [3.05, 3.63) is 47.5 Å². The molecule has 0 aliphatic heterocycles. The van der Waals surface area contributed by atoms with E-state index < -0.39 is 17.6 Å². The van der Waals surface area contributed by atoms with E-state index in [0.717, 1.165) is 12.1 Å². The summed E-state index contributed by atoms with van der Waals surface area (Å²) in [5.41, 5.74) is 4.99. The van der Waals surface area contributed by atoms with Gasteiger partial charge in [-0.2, -0.15) is 13.2 Å². The number of benzene rings is 1. The molecule has 0 saturated heterocycles. The molecule has 0 radical (unpaired) electrons. The minimum atomic E-state index is -4.61. The van der Waals surface area contributed by atoms with Crippen molar-refractivity contribution in [2.45, 2.75) is 12.7 Å². The van der Waals surface area contributed by atoms with E-state index in [1.807, 2.05) is 0 Å². The van der Waals surface area contributed by atoms with Gasteiger partial charge < -0.3 is 11.1 Å². The second-order valence-electron chi connectivity index (χ2n) is 4.73. The van der Waals surface area contributed by atoms with E-state index in [-0.39, 0.29) is 23.9 Å². The summed E-state index contributed by atoms with van der Waals surface area (Å²) in [4.78, 5) is 4.02. The van der Waals surface area contributed by atoms with Crippen LogP contribution < -0.4 is 11.1 Å². The quantitative estimate of drug-likeness (QED) is 0.723. The number of hydrogen-bond donors (Lipinski definition) is 2. The van der Waals surface area contributed by atoms with Gasteiger partial charge in [0.15, 0.2) is 5.82 Å². The van der Waals surface area contributed by atoms with Crippen LogP contribution in [0.15, 0.2) is 30.6 Å². The van der Waals surface area contributed by atoms with Gasteiger partial charge in [-0.25, -0.2) is 9.37 Å². The summed E-state index contributed by atoms with van der Waals surface area (Å²) >= 11 is 0. The zero-order valence-corrected chi connectivity index (χ0v) is 11.5. The van der Waals surface area contributed by atoms with Crippen molar-refractivity contribution in [2.24, 2.45) is 0 Å². The molecule has 10 heteroatoms. The average molecular weight is 326 g/mol. The van der Waals surface area contributed by atoms with Crippen LogP contribution in [0.5, 0.6) is 0 Å². The number of nitrogens with zero attached hydrogens (tertiary/aromatic N) is 4. The van der Waals surface area contributed by atoms with Crippen LogP contribution in [-0.4, -0.2) is 19.6 Å². The molecular weight excluding hydrogens is 316 g/mol. The summed E-state index contributed by atoms with van der Waals surface area (Å²) < 4.78 is 52.9. The Bertz CT molecular complexity index is 857. The van der Waals surface area contributed by atoms with Gasteiger partial charge in [0.2, 0.25) is 11.6 Å². The maximum atomic E-state index is 13.4. The molecule has 1 aromatic carbocycles. The maximum Gasteiger partial charge on any atom is 0.416 e. The molecule has 3 rings (SSSR count). The van der Waals surface area contributed by atoms with Crippen LogP contribution in [0.1, 0.15) is 11.1 Å². The average Bonchev–Trinajstić information content (AvgIpc) is 2.86. The number of aromatic nitrogens is 4. The van der Waals surface area contributed by atoms with Gasteiger partial charge in [0.25, 0.3) is 0 Å². The number of rotatable bonds is 3. The van der Waals surface area contributed by atoms with E-state index in [2.05, 4.69) is 20.5 Å². The highest BCUT2D eigenvalue weighted by Crippen LogP contribution is 2.30. The Morgan fingerprint density at radius 3 is 2.70 bits per heavy atom. The summed E-state index contributed by atoms with van der Waals surface area (Å²) in [6.07, 6.45) is -1.64. The molecule has 0 bridgehead atoms. The molecule has 0 fully saturated rings. The van der Waals surface area contributed by atoms with E-state index >= 15 is 0 Å². The number of nitrogen functional groups attached to an aromatic ring is 1. The molecular formula is C13H10F4N6. The Balaban J connectivity index is 1.87. The fourth-order valence-electron chi connectivity index (χ4n) is 2.07. The summed E-state index contributed by atoms with van der Waals surface area (Å²) in [6, 6.07) is 2.33. The second kappa shape index (κ2) is 5.38. The molecule has 0 saturated carbocycles. The molecule has 2 aromatic heterocycles. The Labute approximate surface area is 127 Å². The maximum absolute atomic E-state index is 13.4. The summed E-state index contributed by atoms with van der Waals surface area (Å²) in [6.45, 7) is -0.0692. The van der Waals surface area contributed by atoms with E-state index in [0.29, 0.717) is 11.7 Å². The van der Waals surface area contributed by atoms with Crippen LogP contribution in [0, 0.1) is 5.82 Å². The highest BCUT2D eigenvalue weighted by Gasteiger charge is 2.31. The topological polar surface area (TPSA) is 81.1 Å². The molecule has 0 aliphatic carbocycles. The van der Waals surface area contributed by atoms with Crippen LogP contribution in [0.3, 0.4) is 0 Å². The Kier molecular flexibility index (Phi) is 3.51. The van der Waals surface area contributed by atoms with Gasteiger partial charge >= 0.3 is 6.18 Å². The summed E-state index contributed by atoms with van der Waals surface area (Å²) in [5.74, 6) is -0.542. The van der Waals surface area contributed by atoms with Crippen molar-refractivity contribution >= 4 is 17.4 Å². The Hall–Kier alpha value is -2.91. The van der Waals surface area contributed by atoms with Gasteiger partial charge in [-0.05, 0) is 23.8 Å². The largest absolute Gasteiger partial charge is 0.416 e. The molecule has 0 atom stereocenters. The first kappa shape index (κ1) is 15.0. The lowest BCUT2D eigenvalue weighted by Gasteiger charge is -2.10. The number of alkyl halides is 3. The molecule has 0 unspecified atom stereocenters. The smallest absolute Gasteiger partial charge is 0.368 e. The number of nitrogens with one attached hydrogen (secondary N) is 1. The van der Waals surface area contributed by atoms with Gasteiger partial charge in [0, 0.05) is 18.9 Å².